The highest BCUT2D eigenvalue weighted by Gasteiger charge is 2.19. The maximum Gasteiger partial charge on any atom is 0.155 e. The highest BCUT2D eigenvalue weighted by Crippen LogP contribution is 2.22. The van der Waals surface area contributed by atoms with Crippen LogP contribution in [0.3, 0.4) is 0 Å². The Morgan fingerprint density at radius 1 is 1.47 bits per heavy atom. The average molecular weight is 211 g/mol. The van der Waals surface area contributed by atoms with Gasteiger partial charge < -0.3 is 9.47 Å². The molecule has 0 amide bonds. The first-order valence-electron chi connectivity index (χ1n) is 5.18. The molecule has 2 rings (SSSR count). The molecule has 84 valence electrons. The van der Waals surface area contributed by atoms with Crippen LogP contribution in [0, 0.1) is 5.92 Å². The minimum atomic E-state index is 0.422. The molecule has 1 aliphatic heterocycles. The van der Waals surface area contributed by atoms with E-state index >= 15 is 0 Å². The SMILES string of the molecule is CC(C)Cn1cnc2c1COOCN2C. The Bertz CT molecular complexity index is 335. The van der Waals surface area contributed by atoms with Crippen molar-refractivity contribution in [2.45, 2.75) is 27.0 Å². The molecule has 0 saturated heterocycles. The number of hydrogen-bond donors (Lipinski definition) is 0. The summed E-state index contributed by atoms with van der Waals surface area (Å²) in [5, 5.41) is 0. The molecule has 0 N–H and O–H groups in total. The van der Waals surface area contributed by atoms with Crippen molar-refractivity contribution < 1.29 is 9.78 Å². The summed E-state index contributed by atoms with van der Waals surface area (Å²) in [6.07, 6.45) is 1.87. The molecule has 5 nitrogen and oxygen atoms in total. The molecule has 5 heteroatoms. The minimum Gasteiger partial charge on any atom is -0.332 e. The van der Waals surface area contributed by atoms with Crippen molar-refractivity contribution in [3.8, 4) is 0 Å². The van der Waals surface area contributed by atoms with Crippen LogP contribution in [0.1, 0.15) is 19.5 Å². The quantitative estimate of drug-likeness (QED) is 0.693. The van der Waals surface area contributed by atoms with Gasteiger partial charge in [-0.3, -0.25) is 0 Å². The zero-order valence-electron chi connectivity index (χ0n) is 9.43. The molecule has 0 atom stereocenters. The largest absolute Gasteiger partial charge is 0.332 e. The first kappa shape index (κ1) is 10.4. The third-order valence-electron chi connectivity index (χ3n) is 2.37. The first-order valence-corrected chi connectivity index (χ1v) is 5.18. The Morgan fingerprint density at radius 3 is 3.00 bits per heavy atom. The van der Waals surface area contributed by atoms with Gasteiger partial charge in [-0.2, -0.15) is 0 Å². The molecule has 15 heavy (non-hydrogen) atoms. The minimum absolute atomic E-state index is 0.422. The zero-order chi connectivity index (χ0) is 10.8. The highest BCUT2D eigenvalue weighted by atomic mass is 17.2. The van der Waals surface area contributed by atoms with E-state index in [9.17, 15) is 0 Å². The fourth-order valence-corrected chi connectivity index (χ4v) is 1.69. The average Bonchev–Trinajstić information content (AvgIpc) is 2.45. The molecule has 0 unspecified atom stereocenters. The van der Waals surface area contributed by atoms with Gasteiger partial charge in [-0.1, -0.05) is 13.8 Å². The Hall–Kier alpha value is -1.07. The van der Waals surface area contributed by atoms with Crippen LogP contribution in [0.15, 0.2) is 6.33 Å². The maximum absolute atomic E-state index is 5.07. The summed E-state index contributed by atoms with van der Waals surface area (Å²) < 4.78 is 2.13. The summed E-state index contributed by atoms with van der Waals surface area (Å²) in [6.45, 7) is 6.21. The van der Waals surface area contributed by atoms with Crippen molar-refractivity contribution in [2.75, 3.05) is 18.7 Å². The number of aromatic nitrogens is 2. The number of imidazole rings is 1. The van der Waals surface area contributed by atoms with E-state index in [1.54, 1.807) is 0 Å². The van der Waals surface area contributed by atoms with Gasteiger partial charge >= 0.3 is 0 Å². The van der Waals surface area contributed by atoms with E-state index in [0.29, 0.717) is 19.3 Å². The highest BCUT2D eigenvalue weighted by molar-refractivity contribution is 5.43. The molecule has 0 aromatic carbocycles. The van der Waals surface area contributed by atoms with Crippen molar-refractivity contribution in [2.24, 2.45) is 5.92 Å². The van der Waals surface area contributed by atoms with Crippen molar-refractivity contribution >= 4 is 5.82 Å². The van der Waals surface area contributed by atoms with Crippen LogP contribution >= 0.6 is 0 Å². The summed E-state index contributed by atoms with van der Waals surface area (Å²) in [5.74, 6) is 1.55. The van der Waals surface area contributed by atoms with Crippen LogP contribution < -0.4 is 4.90 Å². The standard InChI is InChI=1S/C10H17N3O2/c1-8(2)4-13-6-11-10-9(13)5-14-15-7-12(10)3/h6,8H,4-5,7H2,1-3H3. The second kappa shape index (κ2) is 4.20. The molecule has 0 spiro atoms. The lowest BCUT2D eigenvalue weighted by Gasteiger charge is -2.13. The van der Waals surface area contributed by atoms with Gasteiger partial charge in [0.05, 0.1) is 12.0 Å². The van der Waals surface area contributed by atoms with Gasteiger partial charge in [-0.05, 0) is 5.92 Å². The van der Waals surface area contributed by atoms with Crippen molar-refractivity contribution in [1.29, 1.82) is 0 Å². The third-order valence-corrected chi connectivity index (χ3v) is 2.37. The van der Waals surface area contributed by atoms with Gasteiger partial charge in [0, 0.05) is 13.6 Å². The number of fused-ring (bicyclic) bond motifs is 1. The van der Waals surface area contributed by atoms with E-state index in [1.807, 2.05) is 18.3 Å². The van der Waals surface area contributed by atoms with Crippen molar-refractivity contribution in [3.63, 3.8) is 0 Å². The van der Waals surface area contributed by atoms with Gasteiger partial charge in [0.1, 0.15) is 6.61 Å². The summed E-state index contributed by atoms with van der Waals surface area (Å²) in [6, 6.07) is 0. The number of rotatable bonds is 2. The molecule has 0 saturated carbocycles. The molecule has 0 bridgehead atoms. The number of hydrogen-bond acceptors (Lipinski definition) is 4. The van der Waals surface area contributed by atoms with Crippen LogP contribution in [0.25, 0.3) is 0 Å². The lowest BCUT2D eigenvalue weighted by atomic mass is 10.2. The fourth-order valence-electron chi connectivity index (χ4n) is 1.69. The molecule has 1 aliphatic rings. The maximum atomic E-state index is 5.07. The van der Waals surface area contributed by atoms with E-state index in [4.69, 9.17) is 9.78 Å². The predicted octanol–water partition coefficient (Wildman–Crippen LogP) is 1.39. The Morgan fingerprint density at radius 2 is 2.27 bits per heavy atom. The molecule has 0 aliphatic carbocycles. The van der Waals surface area contributed by atoms with Gasteiger partial charge in [-0.15, -0.1) is 0 Å². The predicted molar refractivity (Wildman–Crippen MR) is 56.2 cm³/mol. The van der Waals surface area contributed by atoms with Gasteiger partial charge in [0.25, 0.3) is 0 Å². The first-order chi connectivity index (χ1) is 7.18. The van der Waals surface area contributed by atoms with E-state index in [-0.39, 0.29) is 0 Å². The molecule has 0 fully saturated rings. The third kappa shape index (κ3) is 2.13. The number of anilines is 1. The lowest BCUT2D eigenvalue weighted by Crippen LogP contribution is -2.19. The lowest BCUT2D eigenvalue weighted by molar-refractivity contribution is -0.300. The second-order valence-corrected chi connectivity index (χ2v) is 4.27. The molecular formula is C10H17N3O2. The van der Waals surface area contributed by atoms with Crippen molar-refractivity contribution in [3.05, 3.63) is 12.0 Å². The topological polar surface area (TPSA) is 39.5 Å². The summed E-state index contributed by atoms with van der Waals surface area (Å²) in [7, 11) is 1.94. The van der Waals surface area contributed by atoms with E-state index < -0.39 is 0 Å². The Kier molecular flexibility index (Phi) is 2.93. The van der Waals surface area contributed by atoms with E-state index in [2.05, 4.69) is 23.4 Å². The molecule has 1 aromatic heterocycles. The molecule has 0 radical (unpaired) electrons. The van der Waals surface area contributed by atoms with Crippen LogP contribution in [0.5, 0.6) is 0 Å². The smallest absolute Gasteiger partial charge is 0.155 e. The molecule has 1 aromatic rings. The Balaban J connectivity index is 2.27. The van der Waals surface area contributed by atoms with E-state index in [1.165, 1.54) is 0 Å². The number of nitrogens with zero attached hydrogens (tertiary/aromatic N) is 3. The van der Waals surface area contributed by atoms with Crippen molar-refractivity contribution in [1.82, 2.24) is 9.55 Å². The normalized spacial score (nSPS) is 16.7. The van der Waals surface area contributed by atoms with Gasteiger partial charge in [0.15, 0.2) is 12.5 Å². The van der Waals surface area contributed by atoms with Crippen LogP contribution in [0.4, 0.5) is 5.82 Å². The van der Waals surface area contributed by atoms with E-state index in [0.717, 1.165) is 18.1 Å². The van der Waals surface area contributed by atoms with Crippen LogP contribution in [-0.2, 0) is 22.9 Å². The summed E-state index contributed by atoms with van der Waals surface area (Å²) >= 11 is 0. The fraction of sp³-hybridized carbons (Fsp3) is 0.700. The molecule has 2 heterocycles. The Labute approximate surface area is 89.5 Å². The van der Waals surface area contributed by atoms with Crippen LogP contribution in [-0.4, -0.2) is 23.3 Å². The van der Waals surface area contributed by atoms with Crippen LogP contribution in [0.2, 0.25) is 0 Å². The van der Waals surface area contributed by atoms with Gasteiger partial charge in [-0.25, -0.2) is 14.8 Å². The monoisotopic (exact) mass is 211 g/mol. The van der Waals surface area contributed by atoms with Gasteiger partial charge in [0.2, 0.25) is 0 Å². The summed E-state index contributed by atoms with van der Waals surface area (Å²) in [4.78, 5) is 16.4. The molecular weight excluding hydrogens is 194 g/mol. The zero-order valence-corrected chi connectivity index (χ0v) is 9.43. The summed E-state index contributed by atoms with van der Waals surface area (Å²) in [5.41, 5.74) is 1.09. The second-order valence-electron chi connectivity index (χ2n) is 4.27.